The molecule has 3 heteroatoms. The van der Waals surface area contributed by atoms with E-state index in [1.165, 1.54) is 25.9 Å². The maximum absolute atomic E-state index is 5.56. The fraction of sp³-hybridized carbons (Fsp3) is 1.00. The van der Waals surface area contributed by atoms with Crippen molar-refractivity contribution in [1.82, 2.24) is 10.2 Å². The molecule has 102 valence electrons. The van der Waals surface area contributed by atoms with Gasteiger partial charge < -0.3 is 15.0 Å². The molecule has 1 aliphatic rings. The van der Waals surface area contributed by atoms with Crippen LogP contribution in [0.2, 0.25) is 0 Å². The lowest BCUT2D eigenvalue weighted by Gasteiger charge is -2.38. The molecule has 0 aromatic heterocycles. The van der Waals surface area contributed by atoms with Gasteiger partial charge in [0.15, 0.2) is 0 Å². The van der Waals surface area contributed by atoms with Crippen molar-refractivity contribution in [2.75, 3.05) is 46.4 Å². The molecule has 1 heterocycles. The number of nitrogens with zero attached hydrogens (tertiary/aromatic N) is 1. The third-order valence-electron chi connectivity index (χ3n) is 3.62. The van der Waals surface area contributed by atoms with E-state index >= 15 is 0 Å². The Kier molecular flexibility index (Phi) is 6.45. The quantitative estimate of drug-likeness (QED) is 0.691. The first-order valence-corrected chi connectivity index (χ1v) is 6.99. The van der Waals surface area contributed by atoms with Crippen LogP contribution in [0.3, 0.4) is 0 Å². The molecule has 0 aromatic rings. The lowest BCUT2D eigenvalue weighted by Crippen LogP contribution is -2.42. The van der Waals surface area contributed by atoms with Crippen LogP contribution in [0.5, 0.6) is 0 Å². The molecular formula is C14H30N2O. The Balaban J connectivity index is 2.02. The van der Waals surface area contributed by atoms with Crippen molar-refractivity contribution < 1.29 is 4.74 Å². The average molecular weight is 242 g/mol. The molecule has 1 aliphatic heterocycles. The zero-order valence-corrected chi connectivity index (χ0v) is 12.1. The van der Waals surface area contributed by atoms with E-state index in [-0.39, 0.29) is 0 Å². The van der Waals surface area contributed by atoms with Gasteiger partial charge in [0.25, 0.3) is 0 Å². The van der Waals surface area contributed by atoms with Crippen molar-refractivity contribution in [2.24, 2.45) is 11.3 Å². The first-order chi connectivity index (χ1) is 8.02. The molecule has 0 spiro atoms. The van der Waals surface area contributed by atoms with Crippen LogP contribution in [0.4, 0.5) is 0 Å². The van der Waals surface area contributed by atoms with E-state index in [1.54, 1.807) is 0 Å². The molecule has 0 aliphatic carbocycles. The Morgan fingerprint density at radius 1 is 1.29 bits per heavy atom. The van der Waals surface area contributed by atoms with Gasteiger partial charge in [0.05, 0.1) is 6.61 Å². The highest BCUT2D eigenvalue weighted by Gasteiger charge is 2.27. The minimum Gasteiger partial charge on any atom is -0.380 e. The third kappa shape index (κ3) is 6.39. The lowest BCUT2D eigenvalue weighted by molar-refractivity contribution is 0.102. The number of likely N-dealkylation sites (tertiary alicyclic amines) is 1. The van der Waals surface area contributed by atoms with Gasteiger partial charge in [0, 0.05) is 19.7 Å². The van der Waals surface area contributed by atoms with Crippen LogP contribution in [0.25, 0.3) is 0 Å². The van der Waals surface area contributed by atoms with Gasteiger partial charge in [-0.05, 0) is 44.3 Å². The summed E-state index contributed by atoms with van der Waals surface area (Å²) in [6.07, 6.45) is 2.62. The van der Waals surface area contributed by atoms with Crippen LogP contribution < -0.4 is 5.32 Å². The Bertz CT molecular complexity index is 198. The van der Waals surface area contributed by atoms with Gasteiger partial charge in [-0.25, -0.2) is 0 Å². The fourth-order valence-corrected chi connectivity index (χ4v) is 2.19. The summed E-state index contributed by atoms with van der Waals surface area (Å²) in [5, 5.41) is 3.54. The molecule has 0 aromatic carbocycles. The smallest absolute Gasteiger partial charge is 0.0591 e. The molecule has 0 atom stereocenters. The van der Waals surface area contributed by atoms with E-state index < -0.39 is 0 Å². The highest BCUT2D eigenvalue weighted by Crippen LogP contribution is 2.29. The van der Waals surface area contributed by atoms with E-state index in [0.717, 1.165) is 26.3 Å². The Morgan fingerprint density at radius 2 is 1.94 bits per heavy atom. The first-order valence-electron chi connectivity index (χ1n) is 6.99. The molecule has 0 bridgehead atoms. The van der Waals surface area contributed by atoms with Gasteiger partial charge >= 0.3 is 0 Å². The molecule has 0 unspecified atom stereocenters. The Labute approximate surface area is 107 Å². The third-order valence-corrected chi connectivity index (χ3v) is 3.62. The number of ether oxygens (including phenoxy) is 1. The minimum absolute atomic E-state index is 0.491. The summed E-state index contributed by atoms with van der Waals surface area (Å²) >= 11 is 0. The topological polar surface area (TPSA) is 24.5 Å². The minimum atomic E-state index is 0.491. The molecule has 3 nitrogen and oxygen atoms in total. The van der Waals surface area contributed by atoms with Crippen LogP contribution in [-0.2, 0) is 4.74 Å². The van der Waals surface area contributed by atoms with Crippen molar-refractivity contribution in [3.63, 3.8) is 0 Å². The van der Waals surface area contributed by atoms with E-state index in [1.807, 2.05) is 0 Å². The molecule has 1 N–H and O–H groups in total. The molecule has 1 rings (SSSR count). The standard InChI is InChI=1S/C14H30N2O/c1-13(2)11-17-10-7-15-12-14(3)5-8-16(4)9-6-14/h13,15H,5-12H2,1-4H3. The van der Waals surface area contributed by atoms with Crippen molar-refractivity contribution >= 4 is 0 Å². The zero-order chi connectivity index (χ0) is 12.7. The van der Waals surface area contributed by atoms with Crippen LogP contribution in [0.1, 0.15) is 33.6 Å². The number of nitrogens with one attached hydrogen (secondary N) is 1. The van der Waals surface area contributed by atoms with E-state index in [4.69, 9.17) is 4.74 Å². The van der Waals surface area contributed by atoms with Gasteiger partial charge in [0.1, 0.15) is 0 Å². The Hall–Kier alpha value is -0.120. The molecule has 0 amide bonds. The average Bonchev–Trinajstić information content (AvgIpc) is 2.28. The normalized spacial score (nSPS) is 21.0. The van der Waals surface area contributed by atoms with Crippen LogP contribution >= 0.6 is 0 Å². The molecule has 1 saturated heterocycles. The van der Waals surface area contributed by atoms with Gasteiger partial charge in [0.2, 0.25) is 0 Å². The summed E-state index contributed by atoms with van der Waals surface area (Å²) in [5.41, 5.74) is 0.491. The summed E-state index contributed by atoms with van der Waals surface area (Å²) in [5.74, 6) is 0.640. The maximum Gasteiger partial charge on any atom is 0.0591 e. The summed E-state index contributed by atoms with van der Waals surface area (Å²) in [4.78, 5) is 2.42. The zero-order valence-electron chi connectivity index (χ0n) is 12.1. The second kappa shape index (κ2) is 7.34. The van der Waals surface area contributed by atoms with Crippen molar-refractivity contribution in [2.45, 2.75) is 33.6 Å². The lowest BCUT2D eigenvalue weighted by atomic mass is 9.80. The molecule has 1 fully saturated rings. The number of hydrogen-bond acceptors (Lipinski definition) is 3. The predicted molar refractivity (Wildman–Crippen MR) is 73.4 cm³/mol. The van der Waals surface area contributed by atoms with Gasteiger partial charge in [-0.3, -0.25) is 0 Å². The highest BCUT2D eigenvalue weighted by molar-refractivity contribution is 4.83. The van der Waals surface area contributed by atoms with Crippen molar-refractivity contribution in [3.8, 4) is 0 Å². The summed E-state index contributed by atoms with van der Waals surface area (Å²) in [6.45, 7) is 13.1. The SMILES string of the molecule is CC(C)COCCNCC1(C)CCN(C)CC1. The molecule has 17 heavy (non-hydrogen) atoms. The van der Waals surface area contributed by atoms with E-state index in [2.05, 4.69) is 38.0 Å². The van der Waals surface area contributed by atoms with Gasteiger partial charge in [-0.1, -0.05) is 20.8 Å². The van der Waals surface area contributed by atoms with Gasteiger partial charge in [-0.2, -0.15) is 0 Å². The first kappa shape index (κ1) is 14.9. The van der Waals surface area contributed by atoms with Crippen molar-refractivity contribution in [3.05, 3.63) is 0 Å². The summed E-state index contributed by atoms with van der Waals surface area (Å²) in [7, 11) is 2.22. The van der Waals surface area contributed by atoms with Crippen LogP contribution in [0, 0.1) is 11.3 Å². The fourth-order valence-electron chi connectivity index (χ4n) is 2.19. The van der Waals surface area contributed by atoms with E-state index in [9.17, 15) is 0 Å². The highest BCUT2D eigenvalue weighted by atomic mass is 16.5. The van der Waals surface area contributed by atoms with Gasteiger partial charge in [-0.15, -0.1) is 0 Å². The maximum atomic E-state index is 5.56. The summed E-state index contributed by atoms with van der Waals surface area (Å²) in [6, 6.07) is 0. The second-order valence-corrected chi connectivity index (χ2v) is 6.26. The summed E-state index contributed by atoms with van der Waals surface area (Å²) < 4.78 is 5.56. The number of piperidine rings is 1. The predicted octanol–water partition coefficient (Wildman–Crippen LogP) is 1.98. The Morgan fingerprint density at radius 3 is 2.53 bits per heavy atom. The largest absolute Gasteiger partial charge is 0.380 e. The molecule has 0 saturated carbocycles. The number of hydrogen-bond donors (Lipinski definition) is 1. The van der Waals surface area contributed by atoms with Crippen LogP contribution in [0.15, 0.2) is 0 Å². The molecular weight excluding hydrogens is 212 g/mol. The number of rotatable bonds is 7. The molecule has 0 radical (unpaired) electrons. The van der Waals surface area contributed by atoms with E-state index in [0.29, 0.717) is 11.3 Å². The second-order valence-electron chi connectivity index (χ2n) is 6.26. The van der Waals surface area contributed by atoms with Crippen molar-refractivity contribution in [1.29, 1.82) is 0 Å². The van der Waals surface area contributed by atoms with Crippen LogP contribution in [-0.4, -0.2) is 51.3 Å². The monoisotopic (exact) mass is 242 g/mol.